The van der Waals surface area contributed by atoms with Crippen molar-refractivity contribution in [2.45, 2.75) is 64.7 Å². The fraction of sp³-hybridized carbons (Fsp3) is 0.480. The van der Waals surface area contributed by atoms with Crippen molar-refractivity contribution in [1.82, 2.24) is 0 Å². The van der Waals surface area contributed by atoms with Crippen LogP contribution in [0.1, 0.15) is 73.4 Å². The zero-order valence-corrected chi connectivity index (χ0v) is 16.7. The third kappa shape index (κ3) is 5.73. The van der Waals surface area contributed by atoms with E-state index >= 15 is 0 Å². The molecule has 0 unspecified atom stereocenters. The average molecular weight is 385 g/mol. The summed E-state index contributed by atoms with van der Waals surface area (Å²) in [5, 5.41) is 0. The first-order chi connectivity index (χ1) is 13.5. The van der Waals surface area contributed by atoms with Gasteiger partial charge in [-0.1, -0.05) is 62.9 Å². The van der Waals surface area contributed by atoms with Crippen LogP contribution < -0.4 is 0 Å². The molecule has 1 aliphatic rings. The van der Waals surface area contributed by atoms with E-state index in [9.17, 15) is 13.6 Å². The predicted molar refractivity (Wildman–Crippen MR) is 110 cm³/mol. The molecule has 0 heterocycles. The number of aryl methyl sites for hydroxylation is 2. The summed E-state index contributed by atoms with van der Waals surface area (Å²) in [5.41, 5.74) is 2.66. The monoisotopic (exact) mass is 384 g/mol. The summed E-state index contributed by atoms with van der Waals surface area (Å²) in [6.07, 6.45) is 9.54. The highest BCUT2D eigenvalue weighted by atomic mass is 19.2. The SMILES string of the molecule is CCC[C@H]1CC[C@H](CC(=O)c2ccc(CCc3ccc(F)c(F)c3)cc2)CC1. The molecule has 0 bridgehead atoms. The van der Waals surface area contributed by atoms with Crippen molar-refractivity contribution in [3.63, 3.8) is 0 Å². The van der Waals surface area contributed by atoms with Gasteiger partial charge in [-0.05, 0) is 60.8 Å². The summed E-state index contributed by atoms with van der Waals surface area (Å²) in [5.74, 6) is 0.0256. The van der Waals surface area contributed by atoms with Crippen LogP contribution in [0.2, 0.25) is 0 Å². The van der Waals surface area contributed by atoms with E-state index in [1.54, 1.807) is 6.07 Å². The summed E-state index contributed by atoms with van der Waals surface area (Å²) in [6.45, 7) is 2.25. The second kappa shape index (κ2) is 9.95. The van der Waals surface area contributed by atoms with E-state index in [4.69, 9.17) is 0 Å². The van der Waals surface area contributed by atoms with Gasteiger partial charge in [0.05, 0.1) is 0 Å². The molecule has 2 aromatic rings. The number of benzene rings is 2. The van der Waals surface area contributed by atoms with Crippen LogP contribution in [0.5, 0.6) is 0 Å². The predicted octanol–water partition coefficient (Wildman–Crippen LogP) is 6.93. The van der Waals surface area contributed by atoms with Crippen LogP contribution in [0.4, 0.5) is 8.78 Å². The van der Waals surface area contributed by atoms with Gasteiger partial charge in [0.2, 0.25) is 0 Å². The summed E-state index contributed by atoms with van der Waals surface area (Å²) >= 11 is 0. The summed E-state index contributed by atoms with van der Waals surface area (Å²) in [7, 11) is 0. The van der Waals surface area contributed by atoms with Gasteiger partial charge in [-0.15, -0.1) is 0 Å². The first-order valence-corrected chi connectivity index (χ1v) is 10.6. The van der Waals surface area contributed by atoms with Crippen molar-refractivity contribution in [2.75, 3.05) is 0 Å². The van der Waals surface area contributed by atoms with Gasteiger partial charge in [0.15, 0.2) is 17.4 Å². The standard InChI is InChI=1S/C25H30F2O/c1-2-3-18-4-8-21(9-5-18)17-25(28)22-13-10-19(11-14-22)6-7-20-12-15-23(26)24(27)16-20/h10-16,18,21H,2-9,17H2,1H3/t18-,21-. The zero-order chi connectivity index (χ0) is 19.9. The second-order valence-corrected chi connectivity index (χ2v) is 8.25. The Balaban J connectivity index is 1.48. The Morgan fingerprint density at radius 2 is 1.46 bits per heavy atom. The number of halogens is 2. The molecular formula is C25H30F2O. The van der Waals surface area contributed by atoms with Crippen LogP contribution in [0.25, 0.3) is 0 Å². The Labute approximate surface area is 167 Å². The lowest BCUT2D eigenvalue weighted by Gasteiger charge is -2.27. The molecule has 3 heteroatoms. The van der Waals surface area contributed by atoms with E-state index < -0.39 is 11.6 Å². The maximum Gasteiger partial charge on any atom is 0.163 e. The molecular weight excluding hydrogens is 354 g/mol. The van der Waals surface area contributed by atoms with Crippen molar-refractivity contribution < 1.29 is 13.6 Å². The highest BCUT2D eigenvalue weighted by Gasteiger charge is 2.23. The van der Waals surface area contributed by atoms with E-state index in [0.717, 1.165) is 29.0 Å². The fourth-order valence-electron chi connectivity index (χ4n) is 4.35. The molecule has 0 aromatic heterocycles. The highest BCUT2D eigenvalue weighted by Crippen LogP contribution is 2.33. The lowest BCUT2D eigenvalue weighted by Crippen LogP contribution is -2.17. The van der Waals surface area contributed by atoms with Gasteiger partial charge in [-0.2, -0.15) is 0 Å². The van der Waals surface area contributed by atoms with Crippen molar-refractivity contribution in [2.24, 2.45) is 11.8 Å². The number of hydrogen-bond donors (Lipinski definition) is 0. The summed E-state index contributed by atoms with van der Waals surface area (Å²) in [6, 6.07) is 11.8. The Bertz CT molecular complexity index is 774. The molecule has 150 valence electrons. The minimum absolute atomic E-state index is 0.242. The minimum Gasteiger partial charge on any atom is -0.294 e. The van der Waals surface area contributed by atoms with Gasteiger partial charge < -0.3 is 0 Å². The van der Waals surface area contributed by atoms with Crippen LogP contribution in [0, 0.1) is 23.5 Å². The van der Waals surface area contributed by atoms with Crippen molar-refractivity contribution in [3.8, 4) is 0 Å². The lowest BCUT2D eigenvalue weighted by atomic mass is 9.78. The Morgan fingerprint density at radius 3 is 2.11 bits per heavy atom. The van der Waals surface area contributed by atoms with E-state index in [1.807, 2.05) is 24.3 Å². The van der Waals surface area contributed by atoms with Gasteiger partial charge in [0, 0.05) is 12.0 Å². The van der Waals surface area contributed by atoms with Gasteiger partial charge >= 0.3 is 0 Å². The first kappa shape index (κ1) is 20.7. The van der Waals surface area contributed by atoms with E-state index in [2.05, 4.69) is 6.92 Å². The molecule has 0 N–H and O–H groups in total. The third-order valence-corrected chi connectivity index (χ3v) is 6.10. The largest absolute Gasteiger partial charge is 0.294 e. The smallest absolute Gasteiger partial charge is 0.163 e. The zero-order valence-electron chi connectivity index (χ0n) is 16.7. The normalized spacial score (nSPS) is 19.5. The maximum absolute atomic E-state index is 13.3. The van der Waals surface area contributed by atoms with E-state index in [0.29, 0.717) is 18.8 Å². The molecule has 1 nitrogen and oxygen atoms in total. The summed E-state index contributed by atoms with van der Waals surface area (Å²) in [4.78, 5) is 12.6. The van der Waals surface area contributed by atoms with Crippen LogP contribution in [-0.4, -0.2) is 5.78 Å². The molecule has 3 rings (SSSR count). The van der Waals surface area contributed by atoms with E-state index in [-0.39, 0.29) is 5.78 Å². The molecule has 1 fully saturated rings. The number of Topliss-reactive ketones (excluding diaryl/α,β-unsaturated/α-hetero) is 1. The molecule has 1 saturated carbocycles. The topological polar surface area (TPSA) is 17.1 Å². The van der Waals surface area contributed by atoms with Crippen molar-refractivity contribution >= 4 is 5.78 Å². The van der Waals surface area contributed by atoms with Gasteiger partial charge in [-0.25, -0.2) is 8.78 Å². The number of hydrogen-bond acceptors (Lipinski definition) is 1. The Hall–Kier alpha value is -2.03. The fourth-order valence-corrected chi connectivity index (χ4v) is 4.35. The maximum atomic E-state index is 13.3. The molecule has 0 atom stereocenters. The molecule has 1 aliphatic carbocycles. The molecule has 0 radical (unpaired) electrons. The minimum atomic E-state index is -0.814. The van der Waals surface area contributed by atoms with Crippen LogP contribution in [0.3, 0.4) is 0 Å². The average Bonchev–Trinajstić information content (AvgIpc) is 2.71. The molecule has 0 saturated heterocycles. The molecule has 0 spiro atoms. The second-order valence-electron chi connectivity index (χ2n) is 8.25. The van der Waals surface area contributed by atoms with Crippen molar-refractivity contribution in [3.05, 3.63) is 70.8 Å². The molecule has 0 amide bonds. The lowest BCUT2D eigenvalue weighted by molar-refractivity contribution is 0.0942. The van der Waals surface area contributed by atoms with Gasteiger partial charge in [0.1, 0.15) is 0 Å². The van der Waals surface area contributed by atoms with Crippen LogP contribution in [-0.2, 0) is 12.8 Å². The van der Waals surface area contributed by atoms with Crippen LogP contribution >= 0.6 is 0 Å². The number of carbonyl (C=O) groups is 1. The molecule has 0 aliphatic heterocycles. The Morgan fingerprint density at radius 1 is 0.857 bits per heavy atom. The number of ketones is 1. The highest BCUT2D eigenvalue weighted by molar-refractivity contribution is 5.96. The number of carbonyl (C=O) groups excluding carboxylic acids is 1. The Kier molecular flexibility index (Phi) is 7.36. The van der Waals surface area contributed by atoms with E-state index in [1.165, 1.54) is 50.7 Å². The first-order valence-electron chi connectivity index (χ1n) is 10.6. The number of rotatable bonds is 8. The quantitative estimate of drug-likeness (QED) is 0.451. The molecule has 28 heavy (non-hydrogen) atoms. The third-order valence-electron chi connectivity index (χ3n) is 6.10. The van der Waals surface area contributed by atoms with Gasteiger partial charge in [0.25, 0.3) is 0 Å². The summed E-state index contributed by atoms with van der Waals surface area (Å²) < 4.78 is 26.3. The molecule has 2 aromatic carbocycles. The van der Waals surface area contributed by atoms with Gasteiger partial charge in [-0.3, -0.25) is 4.79 Å². The van der Waals surface area contributed by atoms with Crippen molar-refractivity contribution in [1.29, 1.82) is 0 Å². The van der Waals surface area contributed by atoms with Crippen LogP contribution in [0.15, 0.2) is 42.5 Å².